The first-order valence-electron chi connectivity index (χ1n) is 9.80. The van der Waals surface area contributed by atoms with Crippen LogP contribution >= 0.6 is 0 Å². The van der Waals surface area contributed by atoms with Crippen LogP contribution in [0.15, 0.2) is 53.8 Å². The molecule has 0 radical (unpaired) electrons. The van der Waals surface area contributed by atoms with Crippen LogP contribution in [0.3, 0.4) is 0 Å². The van der Waals surface area contributed by atoms with Crippen molar-refractivity contribution >= 4 is 27.6 Å². The molecule has 1 atom stereocenters. The maximum absolute atomic E-state index is 15.3. The number of imidazole rings is 1. The normalized spacial score (nSPS) is 12.3. The van der Waals surface area contributed by atoms with E-state index in [9.17, 15) is 13.0 Å². The van der Waals surface area contributed by atoms with Crippen molar-refractivity contribution in [3.05, 3.63) is 77.9 Å². The number of H-pyrrole nitrogens is 2. The number of aromatic nitrogens is 5. The van der Waals surface area contributed by atoms with Gasteiger partial charge in [0, 0.05) is 23.3 Å². The molecule has 0 amide bonds. The highest BCUT2D eigenvalue weighted by Crippen LogP contribution is 2.36. The number of nitrogens with zero attached hydrogens (tertiary/aromatic N) is 3. The average molecular weight is 486 g/mol. The number of aryl methyl sites for hydroxylation is 1. The van der Waals surface area contributed by atoms with Crippen molar-refractivity contribution in [3.8, 4) is 22.6 Å². The zero-order valence-corrected chi connectivity index (χ0v) is 18.1. The molecule has 3 N–H and O–H groups in total. The summed E-state index contributed by atoms with van der Waals surface area (Å²) in [5.74, 6) is -3.46. The molecule has 2 aromatic carbocycles. The van der Waals surface area contributed by atoms with E-state index in [0.717, 1.165) is 24.4 Å². The van der Waals surface area contributed by atoms with Crippen LogP contribution in [-0.2, 0) is 11.0 Å². The summed E-state index contributed by atoms with van der Waals surface area (Å²) >= 11 is 0. The molecule has 3 heterocycles. The summed E-state index contributed by atoms with van der Waals surface area (Å²) < 4.78 is 74.0. The highest BCUT2D eigenvalue weighted by Gasteiger charge is 2.23. The Morgan fingerprint density at radius 1 is 1.03 bits per heavy atom. The van der Waals surface area contributed by atoms with E-state index >= 15 is 8.78 Å². The molecule has 12 heteroatoms. The molecule has 0 aliphatic heterocycles. The Hall–Kier alpha value is -4.06. The van der Waals surface area contributed by atoms with E-state index in [1.807, 2.05) is 0 Å². The van der Waals surface area contributed by atoms with E-state index in [1.54, 1.807) is 6.20 Å². The van der Waals surface area contributed by atoms with Crippen LogP contribution in [0.25, 0.3) is 33.5 Å². The summed E-state index contributed by atoms with van der Waals surface area (Å²) in [5.41, 5.74) is -0.869. The summed E-state index contributed by atoms with van der Waals surface area (Å²) in [5, 5.41) is 6.97. The van der Waals surface area contributed by atoms with Gasteiger partial charge in [-0.25, -0.2) is 26.8 Å². The number of hydrogen-bond donors (Lipinski definition) is 3. The fourth-order valence-corrected chi connectivity index (χ4v) is 4.54. The fourth-order valence-electron chi connectivity index (χ4n) is 3.53. The van der Waals surface area contributed by atoms with Crippen molar-refractivity contribution < 1.29 is 21.8 Å². The van der Waals surface area contributed by atoms with Gasteiger partial charge >= 0.3 is 0 Å². The van der Waals surface area contributed by atoms with Gasteiger partial charge in [-0.1, -0.05) is 6.07 Å². The maximum Gasteiger partial charge on any atom is 0.159 e. The molecule has 1 unspecified atom stereocenters. The third-order valence-electron chi connectivity index (χ3n) is 5.17. The number of pyridine rings is 1. The van der Waals surface area contributed by atoms with Gasteiger partial charge in [-0.05, 0) is 31.2 Å². The summed E-state index contributed by atoms with van der Waals surface area (Å²) in [6.45, 7) is 1.51. The van der Waals surface area contributed by atoms with Gasteiger partial charge < -0.3 is 4.98 Å². The zero-order chi connectivity index (χ0) is 24.0. The molecule has 0 aliphatic rings. The first kappa shape index (κ1) is 21.8. The average Bonchev–Trinajstić information content (AvgIpc) is 3.49. The molecular weight excluding hydrogens is 472 g/mol. The van der Waals surface area contributed by atoms with Gasteiger partial charge in [0.05, 0.1) is 28.0 Å². The molecule has 172 valence electrons. The van der Waals surface area contributed by atoms with Gasteiger partial charge in [-0.2, -0.15) is 5.10 Å². The standard InChI is InChI=1S/C22H14F4N6OS/c1-10-16(8-11(23)9-29-10)34(33)32-15-5-4-14(24)17(19(15)26)12-2-3-13-20(18(12)25)30-31-21(13)22-27-6-7-28-22/h2-9,32H,1H3,(H,27,28)(H,30,31). The van der Waals surface area contributed by atoms with E-state index < -0.39 is 39.8 Å². The Bertz CT molecular complexity index is 1570. The number of benzene rings is 2. The number of aromatic amines is 2. The number of halogens is 4. The first-order chi connectivity index (χ1) is 16.3. The predicted octanol–water partition coefficient (Wildman–Crippen LogP) is 5.01. The van der Waals surface area contributed by atoms with E-state index in [1.165, 1.54) is 25.3 Å². The fraction of sp³-hybridized carbons (Fsp3) is 0.0455. The Morgan fingerprint density at radius 2 is 1.85 bits per heavy atom. The SMILES string of the molecule is Cc1ncc(F)cc1S(=O)Nc1ccc(F)c(-c2ccc3c(-c4ncc[nH]4)[nH]nc3c2F)c1F. The summed E-state index contributed by atoms with van der Waals surface area (Å²) in [6.07, 6.45) is 4.06. The lowest BCUT2D eigenvalue weighted by Gasteiger charge is -2.13. The van der Waals surface area contributed by atoms with Gasteiger partial charge in [0.25, 0.3) is 0 Å². The van der Waals surface area contributed by atoms with Crippen molar-refractivity contribution in [2.24, 2.45) is 0 Å². The van der Waals surface area contributed by atoms with E-state index in [0.29, 0.717) is 16.9 Å². The van der Waals surface area contributed by atoms with Gasteiger partial charge in [0.15, 0.2) is 28.4 Å². The molecular formula is C22H14F4N6OS. The van der Waals surface area contributed by atoms with Gasteiger partial charge in [-0.15, -0.1) is 0 Å². The molecule has 0 saturated carbocycles. The van der Waals surface area contributed by atoms with Crippen molar-refractivity contribution in [1.82, 2.24) is 25.1 Å². The van der Waals surface area contributed by atoms with Crippen LogP contribution < -0.4 is 4.72 Å². The Balaban J connectivity index is 1.57. The van der Waals surface area contributed by atoms with Crippen molar-refractivity contribution in [2.75, 3.05) is 4.72 Å². The monoisotopic (exact) mass is 486 g/mol. The number of rotatable bonds is 5. The third-order valence-corrected chi connectivity index (χ3v) is 6.39. The molecule has 34 heavy (non-hydrogen) atoms. The lowest BCUT2D eigenvalue weighted by atomic mass is 10.0. The summed E-state index contributed by atoms with van der Waals surface area (Å²) in [4.78, 5) is 10.7. The molecule has 7 nitrogen and oxygen atoms in total. The molecule has 0 bridgehead atoms. The van der Waals surface area contributed by atoms with Crippen LogP contribution in [0, 0.1) is 30.2 Å². The van der Waals surface area contributed by atoms with Crippen LogP contribution in [0.2, 0.25) is 0 Å². The van der Waals surface area contributed by atoms with Crippen LogP contribution in [0.5, 0.6) is 0 Å². The van der Waals surface area contributed by atoms with Gasteiger partial charge in [0.2, 0.25) is 0 Å². The second-order valence-corrected chi connectivity index (χ2v) is 8.43. The first-order valence-corrected chi connectivity index (χ1v) is 11.0. The Morgan fingerprint density at radius 3 is 2.62 bits per heavy atom. The van der Waals surface area contributed by atoms with Crippen LogP contribution in [0.1, 0.15) is 5.69 Å². The van der Waals surface area contributed by atoms with Gasteiger partial charge in [0.1, 0.15) is 22.8 Å². The minimum atomic E-state index is -2.12. The molecule has 5 rings (SSSR count). The second kappa shape index (κ2) is 8.37. The second-order valence-electron chi connectivity index (χ2n) is 7.25. The molecule has 3 aromatic heterocycles. The minimum Gasteiger partial charge on any atom is -0.343 e. The highest BCUT2D eigenvalue weighted by atomic mass is 32.2. The number of nitrogens with one attached hydrogen (secondary N) is 3. The number of fused-ring (bicyclic) bond motifs is 1. The lowest BCUT2D eigenvalue weighted by Crippen LogP contribution is -2.10. The molecule has 0 aliphatic carbocycles. The highest BCUT2D eigenvalue weighted by molar-refractivity contribution is 7.86. The number of hydrogen-bond acceptors (Lipinski definition) is 4. The van der Waals surface area contributed by atoms with Crippen molar-refractivity contribution in [2.45, 2.75) is 11.8 Å². The molecule has 5 aromatic rings. The maximum atomic E-state index is 15.3. The lowest BCUT2D eigenvalue weighted by molar-refractivity contribution is 0.585. The molecule has 0 fully saturated rings. The topological polar surface area (TPSA) is 99.4 Å². The largest absolute Gasteiger partial charge is 0.343 e. The predicted molar refractivity (Wildman–Crippen MR) is 118 cm³/mol. The third kappa shape index (κ3) is 3.61. The Labute approximate surface area is 191 Å². The molecule has 0 spiro atoms. The van der Waals surface area contributed by atoms with Crippen molar-refractivity contribution in [3.63, 3.8) is 0 Å². The van der Waals surface area contributed by atoms with Crippen LogP contribution in [0.4, 0.5) is 23.2 Å². The summed E-state index contributed by atoms with van der Waals surface area (Å²) in [7, 11) is -2.12. The Kier molecular flexibility index (Phi) is 5.36. The van der Waals surface area contributed by atoms with Gasteiger partial charge in [-0.3, -0.25) is 14.8 Å². The summed E-state index contributed by atoms with van der Waals surface area (Å²) in [6, 6.07) is 5.62. The van der Waals surface area contributed by atoms with Crippen LogP contribution in [-0.4, -0.2) is 29.4 Å². The smallest absolute Gasteiger partial charge is 0.159 e. The van der Waals surface area contributed by atoms with E-state index in [4.69, 9.17) is 0 Å². The molecule has 0 saturated heterocycles. The number of anilines is 1. The van der Waals surface area contributed by atoms with E-state index in [2.05, 4.69) is 29.9 Å². The minimum absolute atomic E-state index is 0.0140. The van der Waals surface area contributed by atoms with E-state index in [-0.39, 0.29) is 27.4 Å². The van der Waals surface area contributed by atoms with Crippen molar-refractivity contribution in [1.29, 1.82) is 0 Å². The quantitative estimate of drug-likeness (QED) is 0.304. The zero-order valence-electron chi connectivity index (χ0n) is 17.3.